The molecule has 3 rings (SSSR count). The molecule has 3 N–H and O–H groups in total. The van der Waals surface area contributed by atoms with Crippen molar-refractivity contribution < 1.29 is 5.11 Å². The van der Waals surface area contributed by atoms with Crippen molar-refractivity contribution in [3.63, 3.8) is 0 Å². The second kappa shape index (κ2) is 8.31. The molecule has 134 valence electrons. The maximum absolute atomic E-state index is 9.27. The van der Waals surface area contributed by atoms with Crippen LogP contribution in [-0.4, -0.2) is 32.7 Å². The van der Waals surface area contributed by atoms with Crippen LogP contribution in [0.5, 0.6) is 0 Å². The first-order chi connectivity index (χ1) is 12.5. The first-order valence-corrected chi connectivity index (χ1v) is 8.69. The molecule has 2 aromatic heterocycles. The van der Waals surface area contributed by atoms with Crippen molar-refractivity contribution in [1.82, 2.24) is 15.0 Å². The summed E-state index contributed by atoms with van der Waals surface area (Å²) in [5.41, 5.74) is 2.25. The molecule has 1 atom stereocenters. The van der Waals surface area contributed by atoms with E-state index >= 15 is 0 Å². The van der Waals surface area contributed by atoms with Gasteiger partial charge in [0, 0.05) is 45.8 Å². The normalized spacial score (nSPS) is 11.8. The predicted molar refractivity (Wildman–Crippen MR) is 105 cm³/mol. The summed E-state index contributed by atoms with van der Waals surface area (Å²) in [5, 5.41) is 16.6. The first kappa shape index (κ1) is 18.4. The minimum atomic E-state index is -0.187. The Morgan fingerprint density at radius 1 is 1.12 bits per heavy atom. The lowest BCUT2D eigenvalue weighted by molar-refractivity contribution is 0.281. The molecule has 0 saturated heterocycles. The highest BCUT2D eigenvalue weighted by molar-refractivity contribution is 6.35. The molecule has 0 bridgehead atoms. The fraction of sp³-hybridized carbons (Fsp3) is 0.167. The zero-order valence-corrected chi connectivity index (χ0v) is 15.5. The fourth-order valence-electron chi connectivity index (χ4n) is 2.28. The summed E-state index contributed by atoms with van der Waals surface area (Å²) in [7, 11) is 0. The van der Waals surface area contributed by atoms with Gasteiger partial charge in [-0.25, -0.2) is 4.98 Å². The molecule has 0 spiro atoms. The topological polar surface area (TPSA) is 83.0 Å². The lowest BCUT2D eigenvalue weighted by atomic mass is 10.2. The maximum atomic E-state index is 9.27. The van der Waals surface area contributed by atoms with Crippen LogP contribution >= 0.6 is 23.2 Å². The van der Waals surface area contributed by atoms with Crippen LogP contribution in [0.1, 0.15) is 6.92 Å². The Labute approximate surface area is 161 Å². The van der Waals surface area contributed by atoms with Crippen LogP contribution in [0.15, 0.2) is 48.8 Å². The van der Waals surface area contributed by atoms with Crippen molar-refractivity contribution >= 4 is 40.7 Å². The monoisotopic (exact) mass is 389 g/mol. The molecular formula is C18H17Cl2N5O. The van der Waals surface area contributed by atoms with Crippen molar-refractivity contribution in [2.75, 3.05) is 17.2 Å². The molecular weight excluding hydrogens is 373 g/mol. The fourth-order valence-corrected chi connectivity index (χ4v) is 2.80. The zero-order valence-electron chi connectivity index (χ0n) is 13.9. The third-order valence-electron chi connectivity index (χ3n) is 3.47. The van der Waals surface area contributed by atoms with Crippen molar-refractivity contribution in [3.8, 4) is 11.3 Å². The average molecular weight is 390 g/mol. The number of aliphatic hydroxyl groups is 1. The highest BCUT2D eigenvalue weighted by Crippen LogP contribution is 2.27. The lowest BCUT2D eigenvalue weighted by Gasteiger charge is -2.14. The molecule has 8 heteroatoms. The van der Waals surface area contributed by atoms with Crippen LogP contribution < -0.4 is 10.6 Å². The van der Waals surface area contributed by atoms with Crippen LogP contribution in [0.25, 0.3) is 11.3 Å². The van der Waals surface area contributed by atoms with E-state index in [4.69, 9.17) is 23.2 Å². The zero-order chi connectivity index (χ0) is 18.5. The van der Waals surface area contributed by atoms with Crippen molar-refractivity contribution in [2.45, 2.75) is 13.0 Å². The Balaban J connectivity index is 1.98. The van der Waals surface area contributed by atoms with E-state index in [1.165, 1.54) is 0 Å². The van der Waals surface area contributed by atoms with Gasteiger partial charge in [0.25, 0.3) is 0 Å². The molecule has 2 heterocycles. The molecule has 1 aromatic carbocycles. The van der Waals surface area contributed by atoms with Gasteiger partial charge in [-0.3, -0.25) is 4.98 Å². The second-order valence-electron chi connectivity index (χ2n) is 5.71. The number of anilines is 3. The minimum Gasteiger partial charge on any atom is -0.394 e. The van der Waals surface area contributed by atoms with Gasteiger partial charge < -0.3 is 15.7 Å². The number of halogens is 2. The highest BCUT2D eigenvalue weighted by Gasteiger charge is 2.10. The smallest absolute Gasteiger partial charge is 0.225 e. The maximum Gasteiger partial charge on any atom is 0.225 e. The van der Waals surface area contributed by atoms with Gasteiger partial charge in [0.1, 0.15) is 5.82 Å². The molecule has 6 nitrogen and oxygen atoms in total. The Bertz CT molecular complexity index is 872. The van der Waals surface area contributed by atoms with Crippen LogP contribution in [0, 0.1) is 0 Å². The van der Waals surface area contributed by atoms with Gasteiger partial charge >= 0.3 is 0 Å². The van der Waals surface area contributed by atoms with Crippen LogP contribution in [-0.2, 0) is 0 Å². The number of benzene rings is 1. The number of aliphatic hydroxyl groups excluding tert-OH is 1. The van der Waals surface area contributed by atoms with Gasteiger partial charge in [-0.15, -0.1) is 0 Å². The number of hydrogen-bond donors (Lipinski definition) is 3. The predicted octanol–water partition coefficient (Wildman–Crippen LogP) is 4.38. The molecule has 0 aliphatic heterocycles. The summed E-state index contributed by atoms with van der Waals surface area (Å²) in [6.07, 6.45) is 3.42. The molecule has 0 amide bonds. The largest absolute Gasteiger partial charge is 0.394 e. The lowest BCUT2D eigenvalue weighted by Crippen LogP contribution is -2.21. The van der Waals surface area contributed by atoms with E-state index < -0.39 is 0 Å². The Kier molecular flexibility index (Phi) is 5.88. The standard InChI is InChI=1S/C18H17Cl2N5O/c1-11(10-26)22-18-24-16(12-3-2-4-21-9-12)8-17(25-18)23-15-6-13(19)5-14(20)7-15/h2-9,11,26H,10H2,1H3,(H2,22,23,24,25)/t11-/m1/s1. The molecule has 0 aliphatic rings. The van der Waals surface area contributed by atoms with E-state index in [9.17, 15) is 5.11 Å². The summed E-state index contributed by atoms with van der Waals surface area (Å²) >= 11 is 12.1. The molecule has 0 saturated carbocycles. The summed E-state index contributed by atoms with van der Waals surface area (Å²) < 4.78 is 0. The molecule has 3 aromatic rings. The van der Waals surface area contributed by atoms with E-state index in [2.05, 4.69) is 25.6 Å². The number of pyridine rings is 1. The summed E-state index contributed by atoms with van der Waals surface area (Å²) in [6, 6.07) is 10.5. The van der Waals surface area contributed by atoms with Crippen molar-refractivity contribution in [1.29, 1.82) is 0 Å². The van der Waals surface area contributed by atoms with Crippen molar-refractivity contribution in [3.05, 3.63) is 58.8 Å². The van der Waals surface area contributed by atoms with E-state index in [0.717, 1.165) is 5.56 Å². The number of rotatable bonds is 6. The Morgan fingerprint density at radius 2 is 1.88 bits per heavy atom. The van der Waals surface area contributed by atoms with Crippen LogP contribution in [0.4, 0.5) is 17.5 Å². The third kappa shape index (κ3) is 4.82. The van der Waals surface area contributed by atoms with Gasteiger partial charge in [-0.1, -0.05) is 23.2 Å². The third-order valence-corrected chi connectivity index (χ3v) is 3.90. The first-order valence-electron chi connectivity index (χ1n) is 7.93. The van der Waals surface area contributed by atoms with Gasteiger partial charge in [0.2, 0.25) is 5.95 Å². The molecule has 0 aliphatic carbocycles. The van der Waals surface area contributed by atoms with Crippen LogP contribution in [0.2, 0.25) is 10.0 Å². The van der Waals surface area contributed by atoms with Crippen LogP contribution in [0.3, 0.4) is 0 Å². The summed E-state index contributed by atoms with van der Waals surface area (Å²) in [6.45, 7) is 1.80. The number of hydrogen-bond acceptors (Lipinski definition) is 6. The van der Waals surface area contributed by atoms with E-state index in [0.29, 0.717) is 33.2 Å². The number of nitrogens with one attached hydrogen (secondary N) is 2. The molecule has 0 fully saturated rings. The minimum absolute atomic E-state index is 0.0346. The second-order valence-corrected chi connectivity index (χ2v) is 6.59. The highest BCUT2D eigenvalue weighted by atomic mass is 35.5. The van der Waals surface area contributed by atoms with E-state index in [1.807, 2.05) is 19.1 Å². The molecule has 0 radical (unpaired) electrons. The molecule has 26 heavy (non-hydrogen) atoms. The van der Waals surface area contributed by atoms with Crippen molar-refractivity contribution in [2.24, 2.45) is 0 Å². The quantitative estimate of drug-likeness (QED) is 0.579. The van der Waals surface area contributed by atoms with Gasteiger partial charge in [0.05, 0.1) is 12.3 Å². The average Bonchev–Trinajstić information content (AvgIpc) is 2.61. The van der Waals surface area contributed by atoms with E-state index in [1.54, 1.807) is 36.7 Å². The van der Waals surface area contributed by atoms with Gasteiger partial charge in [0.15, 0.2) is 0 Å². The Hall–Kier alpha value is -2.41. The summed E-state index contributed by atoms with van der Waals surface area (Å²) in [5.74, 6) is 0.952. The Morgan fingerprint density at radius 3 is 2.54 bits per heavy atom. The van der Waals surface area contributed by atoms with Gasteiger partial charge in [-0.2, -0.15) is 4.98 Å². The van der Waals surface area contributed by atoms with E-state index in [-0.39, 0.29) is 12.6 Å². The van der Waals surface area contributed by atoms with Gasteiger partial charge in [-0.05, 0) is 37.3 Å². The number of nitrogens with zero attached hydrogens (tertiary/aromatic N) is 3. The SMILES string of the molecule is C[C@H](CO)Nc1nc(Nc2cc(Cl)cc(Cl)c2)cc(-c2cccnc2)n1. The molecule has 0 unspecified atom stereocenters. The number of aromatic nitrogens is 3. The summed E-state index contributed by atoms with van der Waals surface area (Å²) in [4.78, 5) is 13.1.